The summed E-state index contributed by atoms with van der Waals surface area (Å²) in [7, 11) is 0. The first kappa shape index (κ1) is 24.8. The number of carboxylic acids is 1. The minimum absolute atomic E-state index is 0.00615. The third kappa shape index (κ3) is 6.15. The lowest BCUT2D eigenvalue weighted by molar-refractivity contribution is -0.274. The van der Waals surface area contributed by atoms with E-state index in [2.05, 4.69) is 25.5 Å². The number of ether oxygens (including phenoxy) is 1. The maximum atomic E-state index is 12.8. The van der Waals surface area contributed by atoms with Gasteiger partial charge in [-0.2, -0.15) is 0 Å². The molecule has 0 spiro atoms. The predicted molar refractivity (Wildman–Crippen MR) is 123 cm³/mol. The number of amides is 1. The van der Waals surface area contributed by atoms with Gasteiger partial charge >= 0.3 is 18.2 Å². The van der Waals surface area contributed by atoms with Gasteiger partial charge in [0.05, 0.1) is 6.54 Å². The van der Waals surface area contributed by atoms with Crippen LogP contribution in [0, 0.1) is 0 Å². The molecule has 0 aromatic heterocycles. The van der Waals surface area contributed by atoms with Crippen molar-refractivity contribution in [1.82, 2.24) is 0 Å². The molecule has 1 N–H and O–H groups in total. The second-order valence-corrected chi connectivity index (χ2v) is 8.73. The summed E-state index contributed by atoms with van der Waals surface area (Å²) >= 11 is 0. The Labute approximate surface area is 195 Å². The van der Waals surface area contributed by atoms with Crippen molar-refractivity contribution in [3.63, 3.8) is 0 Å². The SMILES string of the molecule is CC(C)(C)c1ccc(-c2ccc(N(Cc3ccccc3OC(F)(F)F)C(=O)C(=O)O)cc2)cc1. The van der Waals surface area contributed by atoms with Crippen LogP contribution in [-0.4, -0.2) is 23.3 Å². The minimum atomic E-state index is -4.93. The van der Waals surface area contributed by atoms with Gasteiger partial charge in [0.1, 0.15) is 5.75 Å². The number of benzene rings is 3. The summed E-state index contributed by atoms with van der Waals surface area (Å²) in [5, 5.41) is 9.27. The molecule has 0 unspecified atom stereocenters. The molecule has 0 aliphatic heterocycles. The number of hydrogen-bond acceptors (Lipinski definition) is 3. The summed E-state index contributed by atoms with van der Waals surface area (Å²) in [6.45, 7) is 5.92. The van der Waals surface area contributed by atoms with E-state index in [-0.39, 0.29) is 16.7 Å². The molecule has 1 amide bonds. The highest BCUT2D eigenvalue weighted by molar-refractivity contribution is 6.37. The van der Waals surface area contributed by atoms with E-state index in [0.717, 1.165) is 22.1 Å². The van der Waals surface area contributed by atoms with Crippen molar-refractivity contribution in [2.75, 3.05) is 4.90 Å². The van der Waals surface area contributed by atoms with Crippen LogP contribution < -0.4 is 9.64 Å². The average molecular weight is 471 g/mol. The minimum Gasteiger partial charge on any atom is -0.474 e. The van der Waals surface area contributed by atoms with Crippen LogP contribution in [0.5, 0.6) is 5.75 Å². The van der Waals surface area contributed by atoms with E-state index < -0.39 is 30.5 Å². The Balaban J connectivity index is 1.91. The molecule has 178 valence electrons. The van der Waals surface area contributed by atoms with Gasteiger partial charge in [0, 0.05) is 11.3 Å². The van der Waals surface area contributed by atoms with Gasteiger partial charge in [0.15, 0.2) is 0 Å². The molecule has 3 rings (SSSR count). The number of alkyl halides is 3. The van der Waals surface area contributed by atoms with Gasteiger partial charge in [-0.3, -0.25) is 9.69 Å². The zero-order valence-corrected chi connectivity index (χ0v) is 18.9. The average Bonchev–Trinajstić information content (AvgIpc) is 2.76. The number of nitrogens with zero attached hydrogens (tertiary/aromatic N) is 1. The number of para-hydroxylation sites is 1. The number of aliphatic carboxylic acids is 1. The van der Waals surface area contributed by atoms with Crippen LogP contribution in [0.4, 0.5) is 18.9 Å². The lowest BCUT2D eigenvalue weighted by Crippen LogP contribution is -2.36. The maximum absolute atomic E-state index is 12.8. The van der Waals surface area contributed by atoms with Crippen molar-refractivity contribution < 1.29 is 32.6 Å². The van der Waals surface area contributed by atoms with Crippen molar-refractivity contribution in [3.05, 3.63) is 83.9 Å². The first-order valence-corrected chi connectivity index (χ1v) is 10.4. The van der Waals surface area contributed by atoms with Crippen molar-refractivity contribution in [2.45, 2.75) is 39.1 Å². The molecule has 8 heteroatoms. The first-order valence-electron chi connectivity index (χ1n) is 10.4. The fourth-order valence-corrected chi connectivity index (χ4v) is 3.42. The van der Waals surface area contributed by atoms with Crippen LogP contribution in [0.15, 0.2) is 72.8 Å². The van der Waals surface area contributed by atoms with E-state index in [0.29, 0.717) is 0 Å². The van der Waals surface area contributed by atoms with Crippen molar-refractivity contribution in [1.29, 1.82) is 0 Å². The highest BCUT2D eigenvalue weighted by Gasteiger charge is 2.33. The van der Waals surface area contributed by atoms with E-state index in [1.54, 1.807) is 24.3 Å². The lowest BCUT2D eigenvalue weighted by Gasteiger charge is -2.23. The number of rotatable bonds is 5. The van der Waals surface area contributed by atoms with Crippen molar-refractivity contribution >= 4 is 17.6 Å². The van der Waals surface area contributed by atoms with Gasteiger partial charge < -0.3 is 9.84 Å². The number of halogens is 3. The Hall–Kier alpha value is -3.81. The molecule has 34 heavy (non-hydrogen) atoms. The summed E-state index contributed by atoms with van der Waals surface area (Å²) in [6, 6.07) is 19.8. The van der Waals surface area contributed by atoms with Crippen molar-refractivity contribution in [2.24, 2.45) is 0 Å². The normalized spacial score (nSPS) is 11.7. The number of carbonyl (C=O) groups excluding carboxylic acids is 1. The molecule has 0 fully saturated rings. The van der Waals surface area contributed by atoms with E-state index in [1.807, 2.05) is 24.3 Å². The Morgan fingerprint density at radius 2 is 1.38 bits per heavy atom. The molecule has 0 saturated carbocycles. The van der Waals surface area contributed by atoms with Gasteiger partial charge in [-0.05, 0) is 40.3 Å². The number of anilines is 1. The van der Waals surface area contributed by atoms with Gasteiger partial charge in [-0.25, -0.2) is 4.79 Å². The highest BCUT2D eigenvalue weighted by atomic mass is 19.4. The monoisotopic (exact) mass is 471 g/mol. The zero-order valence-electron chi connectivity index (χ0n) is 18.9. The molecule has 3 aromatic carbocycles. The van der Waals surface area contributed by atoms with Crippen LogP contribution in [0.2, 0.25) is 0 Å². The maximum Gasteiger partial charge on any atom is 0.573 e. The lowest BCUT2D eigenvalue weighted by atomic mass is 9.86. The molecule has 0 radical (unpaired) electrons. The second kappa shape index (κ2) is 9.59. The molecule has 0 atom stereocenters. The van der Waals surface area contributed by atoms with Crippen molar-refractivity contribution in [3.8, 4) is 16.9 Å². The van der Waals surface area contributed by atoms with Crippen LogP contribution >= 0.6 is 0 Å². The topological polar surface area (TPSA) is 66.8 Å². The third-order valence-electron chi connectivity index (χ3n) is 5.22. The summed E-state index contributed by atoms with van der Waals surface area (Å²) in [6.07, 6.45) is -4.93. The number of carbonyl (C=O) groups is 2. The highest BCUT2D eigenvalue weighted by Crippen LogP contribution is 2.31. The van der Waals surface area contributed by atoms with Gasteiger partial charge in [-0.1, -0.05) is 75.4 Å². The molecular weight excluding hydrogens is 447 g/mol. The Kier molecular flexibility index (Phi) is 7.00. The van der Waals surface area contributed by atoms with Crippen LogP contribution in [0.25, 0.3) is 11.1 Å². The number of hydrogen-bond donors (Lipinski definition) is 1. The Morgan fingerprint density at radius 3 is 1.88 bits per heavy atom. The summed E-state index contributed by atoms with van der Waals surface area (Å²) < 4.78 is 42.3. The fraction of sp³-hybridized carbons (Fsp3) is 0.231. The zero-order chi connectivity index (χ0) is 25.1. The second-order valence-electron chi connectivity index (χ2n) is 8.73. The summed E-state index contributed by atoms with van der Waals surface area (Å²) in [5.74, 6) is -3.51. The Bertz CT molecular complexity index is 1160. The predicted octanol–water partition coefficient (Wildman–Crippen LogP) is 6.17. The molecular formula is C26H24F3NO4. The van der Waals surface area contributed by atoms with Crippen LogP contribution in [0.3, 0.4) is 0 Å². The largest absolute Gasteiger partial charge is 0.573 e. The summed E-state index contributed by atoms with van der Waals surface area (Å²) in [4.78, 5) is 24.7. The van der Waals surface area contributed by atoms with E-state index in [9.17, 15) is 27.9 Å². The smallest absolute Gasteiger partial charge is 0.474 e. The Morgan fingerprint density at radius 1 is 0.853 bits per heavy atom. The molecule has 0 aliphatic rings. The summed E-state index contributed by atoms with van der Waals surface area (Å²) in [5.41, 5.74) is 3.19. The quantitative estimate of drug-likeness (QED) is 0.452. The van der Waals surface area contributed by atoms with Gasteiger partial charge in [0.25, 0.3) is 0 Å². The fourth-order valence-electron chi connectivity index (χ4n) is 3.42. The molecule has 0 saturated heterocycles. The van der Waals surface area contributed by atoms with Gasteiger partial charge in [0.2, 0.25) is 0 Å². The van der Waals surface area contributed by atoms with E-state index >= 15 is 0 Å². The molecule has 3 aromatic rings. The molecule has 0 bridgehead atoms. The van der Waals surface area contributed by atoms with E-state index in [1.165, 1.54) is 23.8 Å². The van der Waals surface area contributed by atoms with E-state index in [4.69, 9.17) is 0 Å². The molecule has 0 heterocycles. The van der Waals surface area contributed by atoms with Crippen LogP contribution in [-0.2, 0) is 21.5 Å². The molecule has 0 aliphatic carbocycles. The third-order valence-corrected chi connectivity index (χ3v) is 5.22. The first-order chi connectivity index (χ1) is 15.8. The molecule has 5 nitrogen and oxygen atoms in total. The standard InChI is InChI=1S/C26H24F3NO4/c1-25(2,3)20-12-8-17(9-13-20)18-10-14-21(15-11-18)30(23(31)24(32)33)16-19-6-4-5-7-22(19)34-26(27,28)29/h4-15H,16H2,1-3H3,(H,32,33). The number of carboxylic acid groups (broad SMARTS) is 1. The van der Waals surface area contributed by atoms with Gasteiger partial charge in [-0.15, -0.1) is 13.2 Å². The van der Waals surface area contributed by atoms with Crippen LogP contribution in [0.1, 0.15) is 31.9 Å².